The highest BCUT2D eigenvalue weighted by Gasteiger charge is 2.85. The molecule has 2 aromatic rings. The quantitative estimate of drug-likeness (QED) is 0.0873. The standard InChI is InChI=1S/C36H40F13NO3S/c1-32-12-11-22-21-8-6-20(53-31-29(39)27(37)24(28(38)30(31)40)18-50(2)13-3-16-54)17-19(21)5-7-23(22)25(32)9-10-26(32)51-14-4-15-52-33(34(41,42)43,35(44,45)46)36(47,48)49/h6,8,17,22-23,25-26,54H,3-5,7,9-16,18H2,1-2H3/p+1. The van der Waals surface area contributed by atoms with Crippen molar-refractivity contribution < 1.29 is 71.3 Å². The largest absolute Gasteiger partial charge is 0.451 e. The molecular formula is C36H41F13NO3S+. The maximum absolute atomic E-state index is 15.1. The average molecular weight is 815 g/mol. The fourth-order valence-corrected chi connectivity index (χ4v) is 8.94. The third-order valence-corrected chi connectivity index (χ3v) is 11.8. The van der Waals surface area contributed by atoms with Gasteiger partial charge in [0.15, 0.2) is 11.6 Å². The second-order valence-corrected chi connectivity index (χ2v) is 15.1. The van der Waals surface area contributed by atoms with E-state index in [1.54, 1.807) is 19.2 Å². The van der Waals surface area contributed by atoms with Crippen molar-refractivity contribution in [2.45, 2.75) is 101 Å². The van der Waals surface area contributed by atoms with E-state index in [1.165, 1.54) is 11.0 Å². The van der Waals surface area contributed by atoms with Crippen molar-refractivity contribution in [1.82, 2.24) is 4.90 Å². The van der Waals surface area contributed by atoms with Crippen LogP contribution in [-0.4, -0.2) is 67.7 Å². The van der Waals surface area contributed by atoms with Gasteiger partial charge in [0, 0.05) is 31.7 Å². The van der Waals surface area contributed by atoms with E-state index >= 15 is 8.78 Å². The molecule has 18 heteroatoms. The van der Waals surface area contributed by atoms with Crippen molar-refractivity contribution in [3.8, 4) is 11.5 Å². The van der Waals surface area contributed by atoms with Crippen LogP contribution in [0, 0.1) is 40.5 Å². The molecule has 5 unspecified atom stereocenters. The van der Waals surface area contributed by atoms with Crippen molar-refractivity contribution >= 4 is 12.6 Å². The molecule has 5 rings (SSSR count). The van der Waals surface area contributed by atoms with Crippen LogP contribution in [-0.2, 0) is 35.1 Å². The predicted octanol–water partition coefficient (Wildman–Crippen LogP) is 9.94. The summed E-state index contributed by atoms with van der Waals surface area (Å²) in [7, 11) is 1.57. The highest BCUT2D eigenvalue weighted by molar-refractivity contribution is 7.58. The van der Waals surface area contributed by atoms with Crippen molar-refractivity contribution in [2.75, 3.05) is 32.6 Å². The number of nitrogens with zero attached hydrogens (tertiary/aromatic N) is 1. The SMILES string of the molecule is CN(CCC[SH2+])Cc1c(F)c(F)c(Oc2ccc3c(c2)CCC2C3CCC3(C)C(OCCCOC(C(F)(F)F)(C(F)(F)F)C(F)(F)F)CCC23)c(F)c1F. The Hall–Kier alpha value is -2.44. The first-order valence-electron chi connectivity index (χ1n) is 17.5. The van der Waals surface area contributed by atoms with E-state index < -0.39 is 89.9 Å². The van der Waals surface area contributed by atoms with E-state index in [0.717, 1.165) is 11.1 Å². The van der Waals surface area contributed by atoms with E-state index in [2.05, 4.69) is 17.4 Å². The first-order valence-corrected chi connectivity index (χ1v) is 18.2. The Balaban J connectivity index is 1.22. The minimum Gasteiger partial charge on any atom is -0.451 e. The van der Waals surface area contributed by atoms with Crippen LogP contribution in [0.5, 0.6) is 11.5 Å². The van der Waals surface area contributed by atoms with Gasteiger partial charge in [-0.3, -0.25) is 0 Å². The van der Waals surface area contributed by atoms with Crippen LogP contribution in [0.3, 0.4) is 0 Å². The van der Waals surface area contributed by atoms with Crippen molar-refractivity contribution in [3.63, 3.8) is 0 Å². The lowest BCUT2D eigenvalue weighted by Crippen LogP contribution is -2.67. The lowest BCUT2D eigenvalue weighted by atomic mass is 9.55. The highest BCUT2D eigenvalue weighted by Crippen LogP contribution is 2.62. The van der Waals surface area contributed by atoms with Gasteiger partial charge in [0.1, 0.15) is 11.5 Å². The number of rotatable bonds is 13. The first kappa shape index (κ1) is 42.7. The molecule has 0 heterocycles. The molecular weight excluding hydrogens is 773 g/mol. The van der Waals surface area contributed by atoms with Crippen LogP contribution in [0.1, 0.15) is 74.5 Å². The van der Waals surface area contributed by atoms with Gasteiger partial charge >= 0.3 is 24.1 Å². The van der Waals surface area contributed by atoms with Gasteiger partial charge in [-0.25, -0.2) is 8.78 Å². The first-order chi connectivity index (χ1) is 25.1. The number of hydrogen-bond donors (Lipinski definition) is 0. The third-order valence-electron chi connectivity index (χ3n) is 11.4. The smallest absolute Gasteiger partial charge is 0.435 e. The molecule has 4 nitrogen and oxygen atoms in total. The molecule has 0 radical (unpaired) electrons. The molecule has 2 saturated carbocycles. The van der Waals surface area contributed by atoms with Gasteiger partial charge in [-0.2, -0.15) is 48.3 Å². The summed E-state index contributed by atoms with van der Waals surface area (Å²) in [5.74, 6) is -6.62. The summed E-state index contributed by atoms with van der Waals surface area (Å²) < 4.78 is 193. The van der Waals surface area contributed by atoms with Gasteiger partial charge in [0.25, 0.3) is 0 Å². The molecule has 0 N–H and O–H groups in total. The molecule has 0 saturated heterocycles. The Kier molecular flexibility index (Phi) is 12.5. The third kappa shape index (κ3) is 7.78. The molecule has 54 heavy (non-hydrogen) atoms. The number of benzene rings is 2. The lowest BCUT2D eigenvalue weighted by molar-refractivity contribution is -0.457. The monoisotopic (exact) mass is 814 g/mol. The van der Waals surface area contributed by atoms with E-state index in [9.17, 15) is 48.3 Å². The fraction of sp³-hybridized carbons (Fsp3) is 0.667. The second-order valence-electron chi connectivity index (χ2n) is 14.6. The summed E-state index contributed by atoms with van der Waals surface area (Å²) in [6.45, 7) is 0.148. The van der Waals surface area contributed by atoms with Crippen LogP contribution in [0.4, 0.5) is 57.1 Å². The average Bonchev–Trinajstić information content (AvgIpc) is 3.42. The van der Waals surface area contributed by atoms with Gasteiger partial charge in [-0.15, -0.1) is 0 Å². The summed E-state index contributed by atoms with van der Waals surface area (Å²) in [4.78, 5) is 1.53. The number of alkyl halides is 9. The van der Waals surface area contributed by atoms with Crippen LogP contribution in [0.2, 0.25) is 0 Å². The normalized spacial score (nSPS) is 24.8. The highest BCUT2D eigenvalue weighted by atomic mass is 32.1. The molecule has 0 aliphatic heterocycles. The van der Waals surface area contributed by atoms with Crippen LogP contribution < -0.4 is 4.74 Å². The van der Waals surface area contributed by atoms with Gasteiger partial charge in [0.2, 0.25) is 17.4 Å². The van der Waals surface area contributed by atoms with E-state index in [1.807, 2.05) is 6.92 Å². The zero-order valence-electron chi connectivity index (χ0n) is 29.3. The zero-order chi connectivity index (χ0) is 40.0. The molecule has 2 fully saturated rings. The van der Waals surface area contributed by atoms with Crippen molar-refractivity contribution in [2.24, 2.45) is 17.3 Å². The number of fused-ring (bicyclic) bond motifs is 5. The second kappa shape index (κ2) is 15.8. The number of aryl methyl sites for hydroxylation is 1. The van der Waals surface area contributed by atoms with Gasteiger partial charge in [0.05, 0.1) is 12.7 Å². The topological polar surface area (TPSA) is 30.9 Å². The van der Waals surface area contributed by atoms with Crippen LogP contribution >= 0.6 is 0 Å². The van der Waals surface area contributed by atoms with Gasteiger partial charge < -0.3 is 19.1 Å². The molecule has 3 aliphatic carbocycles. The Bertz CT molecular complexity index is 1580. The Morgan fingerprint density at radius 3 is 2.04 bits per heavy atom. The maximum Gasteiger partial charge on any atom is 0.435 e. The van der Waals surface area contributed by atoms with Gasteiger partial charge in [-0.1, -0.05) is 13.0 Å². The number of halogens is 13. The molecule has 2 aromatic carbocycles. The molecule has 3 aliphatic rings. The molecule has 0 spiro atoms. The minimum absolute atomic E-state index is 0.0114. The summed E-state index contributed by atoms with van der Waals surface area (Å²) in [6.07, 6.45) is -17.1. The molecule has 304 valence electrons. The van der Waals surface area contributed by atoms with Gasteiger partial charge in [-0.05, 0) is 111 Å². The minimum atomic E-state index is -6.80. The Labute approximate surface area is 309 Å². The molecule has 0 bridgehead atoms. The summed E-state index contributed by atoms with van der Waals surface area (Å²) in [5, 5.41) is 0. The Morgan fingerprint density at radius 2 is 1.44 bits per heavy atom. The van der Waals surface area contributed by atoms with E-state index in [4.69, 9.17) is 9.47 Å². The van der Waals surface area contributed by atoms with Crippen LogP contribution in [0.25, 0.3) is 0 Å². The maximum atomic E-state index is 15.1. The molecule has 0 amide bonds. The van der Waals surface area contributed by atoms with E-state index in [0.29, 0.717) is 57.2 Å². The van der Waals surface area contributed by atoms with Crippen molar-refractivity contribution in [1.29, 1.82) is 0 Å². The van der Waals surface area contributed by atoms with Crippen molar-refractivity contribution in [3.05, 3.63) is 58.2 Å². The lowest BCUT2D eigenvalue weighted by Gasteiger charge is -2.50. The number of hydrogen-bond acceptors (Lipinski definition) is 4. The Morgan fingerprint density at radius 1 is 0.815 bits per heavy atom. The molecule has 5 atom stereocenters. The summed E-state index contributed by atoms with van der Waals surface area (Å²) in [6, 6.07) is 4.81. The fourth-order valence-electron chi connectivity index (χ4n) is 8.79. The molecule has 0 aromatic heterocycles. The summed E-state index contributed by atoms with van der Waals surface area (Å²) in [5.41, 5.74) is -5.68. The van der Waals surface area contributed by atoms with E-state index in [-0.39, 0.29) is 30.0 Å². The number of ether oxygens (including phenoxy) is 3. The summed E-state index contributed by atoms with van der Waals surface area (Å²) >= 11 is 3.30. The predicted molar refractivity (Wildman–Crippen MR) is 175 cm³/mol. The van der Waals surface area contributed by atoms with Crippen LogP contribution in [0.15, 0.2) is 18.2 Å². The zero-order valence-corrected chi connectivity index (χ0v) is 30.3.